The van der Waals surface area contributed by atoms with Gasteiger partial charge in [0.25, 0.3) is 0 Å². The van der Waals surface area contributed by atoms with E-state index in [4.69, 9.17) is 0 Å². The Hall–Kier alpha value is -2.53. The summed E-state index contributed by atoms with van der Waals surface area (Å²) in [5.74, 6) is -0.215. The van der Waals surface area contributed by atoms with Crippen molar-refractivity contribution in [3.8, 4) is 0 Å². The van der Waals surface area contributed by atoms with Crippen molar-refractivity contribution in [3.05, 3.63) is 83.7 Å². The van der Waals surface area contributed by atoms with E-state index < -0.39 is 0 Å². The van der Waals surface area contributed by atoms with Gasteiger partial charge in [0, 0.05) is 25.6 Å². The lowest BCUT2D eigenvalue weighted by Crippen LogP contribution is -2.27. The normalized spacial score (nSPS) is 12.5. The zero-order valence-corrected chi connectivity index (χ0v) is 14.6. The topological polar surface area (TPSA) is 34.0 Å². The first-order valence-electron chi connectivity index (χ1n) is 8.46. The van der Waals surface area contributed by atoms with Crippen LogP contribution in [0.15, 0.2) is 61.2 Å². The molecule has 3 aromatic rings. The Morgan fingerprint density at radius 3 is 2.56 bits per heavy atom. The molecule has 0 aliphatic heterocycles. The molecule has 0 saturated heterocycles. The third-order valence-electron chi connectivity index (χ3n) is 4.36. The van der Waals surface area contributed by atoms with Crippen molar-refractivity contribution in [1.29, 1.82) is 0 Å². The van der Waals surface area contributed by atoms with E-state index in [2.05, 4.69) is 34.3 Å². The summed E-state index contributed by atoms with van der Waals surface area (Å²) in [5.41, 5.74) is 3.42. The van der Waals surface area contributed by atoms with Crippen LogP contribution in [0.5, 0.6) is 0 Å². The van der Waals surface area contributed by atoms with Gasteiger partial charge in [0.15, 0.2) is 0 Å². The van der Waals surface area contributed by atoms with Crippen LogP contribution in [-0.4, -0.2) is 33.3 Å². The largest absolute Gasteiger partial charge is 0.295 e. The molecule has 25 heavy (non-hydrogen) atoms. The summed E-state index contributed by atoms with van der Waals surface area (Å²) in [6.07, 6.45) is 9.64. The molecule has 0 radical (unpaired) electrons. The number of hydrogen-bond acceptors (Lipinski definition) is 3. The number of nitrogens with zero attached hydrogens (tertiary/aromatic N) is 4. The molecule has 4 nitrogen and oxygen atoms in total. The monoisotopic (exact) mass is 338 g/mol. The van der Waals surface area contributed by atoms with Gasteiger partial charge in [-0.3, -0.25) is 14.6 Å². The molecular weight excluding hydrogens is 315 g/mol. The molecule has 0 aliphatic rings. The van der Waals surface area contributed by atoms with Gasteiger partial charge in [-0.25, -0.2) is 4.39 Å². The molecule has 0 unspecified atom stereocenters. The van der Waals surface area contributed by atoms with Crippen LogP contribution in [0.2, 0.25) is 0 Å². The zero-order valence-electron chi connectivity index (χ0n) is 14.6. The van der Waals surface area contributed by atoms with Crippen molar-refractivity contribution < 1.29 is 4.39 Å². The predicted molar refractivity (Wildman–Crippen MR) is 96.6 cm³/mol. The summed E-state index contributed by atoms with van der Waals surface area (Å²) in [6, 6.07) is 10.8. The van der Waals surface area contributed by atoms with E-state index in [-0.39, 0.29) is 11.9 Å². The Labute approximate surface area is 147 Å². The lowest BCUT2D eigenvalue weighted by molar-refractivity contribution is 0.275. The van der Waals surface area contributed by atoms with E-state index in [9.17, 15) is 4.39 Å². The molecular formula is C20H23FN4. The van der Waals surface area contributed by atoms with Gasteiger partial charge in [-0.2, -0.15) is 5.10 Å². The second kappa shape index (κ2) is 8.03. The zero-order chi connectivity index (χ0) is 17.6. The van der Waals surface area contributed by atoms with Crippen LogP contribution in [-0.2, 0) is 13.5 Å². The second-order valence-corrected chi connectivity index (χ2v) is 6.35. The standard InChI is InChI=1S/C20H23FN4/c1-24(12-4-5-16-13-23-25(2)15-16)20(18-6-3-11-22-14-18)17-7-9-19(21)10-8-17/h3,6-11,13-15,20H,4-5,12H2,1-2H3/t20-/m1/s1. The SMILES string of the molecule is CN(CCCc1cnn(C)c1)[C@H](c1ccc(F)cc1)c1cccnc1. The fourth-order valence-electron chi connectivity index (χ4n) is 3.15. The van der Waals surface area contributed by atoms with E-state index in [1.807, 2.05) is 42.3 Å². The van der Waals surface area contributed by atoms with E-state index in [0.717, 1.165) is 30.5 Å². The Balaban J connectivity index is 1.73. The lowest BCUT2D eigenvalue weighted by Gasteiger charge is -2.28. The Morgan fingerprint density at radius 2 is 1.92 bits per heavy atom. The van der Waals surface area contributed by atoms with Gasteiger partial charge >= 0.3 is 0 Å². The van der Waals surface area contributed by atoms with Crippen molar-refractivity contribution in [2.75, 3.05) is 13.6 Å². The Morgan fingerprint density at radius 1 is 1.12 bits per heavy atom. The molecule has 0 fully saturated rings. The average Bonchev–Trinajstić information content (AvgIpc) is 3.03. The number of aryl methyl sites for hydroxylation is 2. The molecule has 0 N–H and O–H groups in total. The third kappa shape index (κ3) is 4.51. The van der Waals surface area contributed by atoms with E-state index in [1.165, 1.54) is 17.7 Å². The highest BCUT2D eigenvalue weighted by molar-refractivity contribution is 5.30. The summed E-state index contributed by atoms with van der Waals surface area (Å²) >= 11 is 0. The fraction of sp³-hybridized carbons (Fsp3) is 0.300. The van der Waals surface area contributed by atoms with Crippen LogP contribution >= 0.6 is 0 Å². The van der Waals surface area contributed by atoms with Gasteiger partial charge < -0.3 is 0 Å². The molecule has 0 spiro atoms. The van der Waals surface area contributed by atoms with Crippen LogP contribution in [0.25, 0.3) is 0 Å². The highest BCUT2D eigenvalue weighted by atomic mass is 19.1. The first kappa shape index (κ1) is 17.3. The Kier molecular flexibility index (Phi) is 5.56. The lowest BCUT2D eigenvalue weighted by atomic mass is 9.98. The number of benzene rings is 1. The summed E-state index contributed by atoms with van der Waals surface area (Å²) in [6.45, 7) is 0.922. The van der Waals surface area contributed by atoms with E-state index >= 15 is 0 Å². The van der Waals surface area contributed by atoms with Crippen LogP contribution in [0, 0.1) is 5.82 Å². The predicted octanol–water partition coefficient (Wildman–Crippen LogP) is 3.61. The van der Waals surface area contributed by atoms with Crippen molar-refractivity contribution in [2.45, 2.75) is 18.9 Å². The maximum atomic E-state index is 13.3. The van der Waals surface area contributed by atoms with Crippen LogP contribution < -0.4 is 0 Å². The summed E-state index contributed by atoms with van der Waals surface area (Å²) in [4.78, 5) is 6.54. The first-order valence-corrected chi connectivity index (χ1v) is 8.46. The molecule has 0 saturated carbocycles. The summed E-state index contributed by atoms with van der Waals surface area (Å²) in [7, 11) is 4.03. The van der Waals surface area contributed by atoms with Crippen molar-refractivity contribution in [3.63, 3.8) is 0 Å². The smallest absolute Gasteiger partial charge is 0.123 e. The van der Waals surface area contributed by atoms with Crippen molar-refractivity contribution in [1.82, 2.24) is 19.7 Å². The highest BCUT2D eigenvalue weighted by Gasteiger charge is 2.19. The van der Waals surface area contributed by atoms with Crippen molar-refractivity contribution in [2.24, 2.45) is 7.05 Å². The number of pyridine rings is 1. The molecule has 0 aliphatic carbocycles. The number of rotatable bonds is 7. The van der Waals surface area contributed by atoms with Gasteiger partial charge in [-0.15, -0.1) is 0 Å². The Bertz CT molecular complexity index is 783. The summed E-state index contributed by atoms with van der Waals surface area (Å²) in [5, 5.41) is 4.21. The molecule has 2 heterocycles. The third-order valence-corrected chi connectivity index (χ3v) is 4.36. The van der Waals surface area contributed by atoms with Gasteiger partial charge in [0.2, 0.25) is 0 Å². The van der Waals surface area contributed by atoms with Crippen molar-refractivity contribution >= 4 is 0 Å². The van der Waals surface area contributed by atoms with E-state index in [0.29, 0.717) is 0 Å². The minimum absolute atomic E-state index is 0.0585. The minimum Gasteiger partial charge on any atom is -0.295 e. The fourth-order valence-corrected chi connectivity index (χ4v) is 3.15. The summed E-state index contributed by atoms with van der Waals surface area (Å²) < 4.78 is 15.1. The van der Waals surface area contributed by atoms with Gasteiger partial charge in [0.05, 0.1) is 12.2 Å². The first-order chi connectivity index (χ1) is 12.1. The average molecular weight is 338 g/mol. The molecule has 1 atom stereocenters. The number of aromatic nitrogens is 3. The van der Waals surface area contributed by atoms with Crippen LogP contribution in [0.3, 0.4) is 0 Å². The molecule has 0 amide bonds. The van der Waals surface area contributed by atoms with Crippen LogP contribution in [0.1, 0.15) is 29.2 Å². The van der Waals surface area contributed by atoms with Gasteiger partial charge in [-0.05, 0) is 61.3 Å². The molecule has 1 aromatic carbocycles. The minimum atomic E-state index is -0.215. The molecule has 130 valence electrons. The maximum absolute atomic E-state index is 13.3. The number of halogens is 1. The van der Waals surface area contributed by atoms with E-state index in [1.54, 1.807) is 6.20 Å². The number of hydrogen-bond donors (Lipinski definition) is 0. The molecule has 2 aromatic heterocycles. The second-order valence-electron chi connectivity index (χ2n) is 6.35. The van der Waals surface area contributed by atoms with Gasteiger partial charge in [0.1, 0.15) is 5.82 Å². The highest BCUT2D eigenvalue weighted by Crippen LogP contribution is 2.27. The maximum Gasteiger partial charge on any atom is 0.123 e. The quantitative estimate of drug-likeness (QED) is 0.660. The molecule has 0 bridgehead atoms. The molecule has 5 heteroatoms. The molecule has 3 rings (SSSR count). The van der Waals surface area contributed by atoms with Gasteiger partial charge in [-0.1, -0.05) is 18.2 Å². The van der Waals surface area contributed by atoms with Crippen LogP contribution in [0.4, 0.5) is 4.39 Å².